The molecule has 3 aromatic rings. The monoisotopic (exact) mass is 375 g/mol. The number of hydrogen-bond donors (Lipinski definition) is 3. The molecule has 1 aromatic heterocycles. The average Bonchev–Trinajstić information content (AvgIpc) is 3.18. The van der Waals surface area contributed by atoms with Crippen molar-refractivity contribution in [2.75, 3.05) is 28.7 Å². The van der Waals surface area contributed by atoms with E-state index in [-0.39, 0.29) is 12.6 Å². The van der Waals surface area contributed by atoms with E-state index in [9.17, 15) is 5.11 Å². The minimum Gasteiger partial charge on any atom is -0.394 e. The molecule has 4 rings (SSSR count). The van der Waals surface area contributed by atoms with E-state index in [1.807, 2.05) is 30.3 Å². The van der Waals surface area contributed by atoms with Crippen LogP contribution in [0.4, 0.5) is 28.7 Å². The van der Waals surface area contributed by atoms with E-state index in [1.54, 1.807) is 6.33 Å². The molecule has 0 spiro atoms. The van der Waals surface area contributed by atoms with Crippen molar-refractivity contribution in [2.24, 2.45) is 0 Å². The van der Waals surface area contributed by atoms with Gasteiger partial charge in [0.1, 0.15) is 18.0 Å². The van der Waals surface area contributed by atoms with E-state index in [2.05, 4.69) is 56.7 Å². The summed E-state index contributed by atoms with van der Waals surface area (Å²) in [6.45, 7) is 3.27. The van der Waals surface area contributed by atoms with Crippen molar-refractivity contribution < 1.29 is 5.11 Å². The van der Waals surface area contributed by atoms with Crippen molar-refractivity contribution in [3.63, 3.8) is 0 Å². The third kappa shape index (κ3) is 4.23. The zero-order chi connectivity index (χ0) is 19.3. The zero-order valence-electron chi connectivity index (χ0n) is 16.0. The van der Waals surface area contributed by atoms with E-state index in [0.717, 1.165) is 48.1 Å². The molecule has 6 heteroatoms. The molecule has 1 aliphatic rings. The lowest BCUT2D eigenvalue weighted by Crippen LogP contribution is -2.31. The first-order chi connectivity index (χ1) is 13.7. The van der Waals surface area contributed by atoms with Gasteiger partial charge in [-0.1, -0.05) is 12.1 Å². The van der Waals surface area contributed by atoms with Crippen LogP contribution in [0.1, 0.15) is 18.4 Å². The van der Waals surface area contributed by atoms with Gasteiger partial charge in [0.05, 0.1) is 12.6 Å². The van der Waals surface area contributed by atoms with Gasteiger partial charge in [-0.3, -0.25) is 0 Å². The molecule has 1 saturated heterocycles. The maximum atomic E-state index is 9.52. The first-order valence-corrected chi connectivity index (χ1v) is 9.61. The van der Waals surface area contributed by atoms with E-state index < -0.39 is 0 Å². The fourth-order valence-electron chi connectivity index (χ4n) is 3.61. The first kappa shape index (κ1) is 18.3. The van der Waals surface area contributed by atoms with E-state index in [0.29, 0.717) is 0 Å². The third-order valence-corrected chi connectivity index (χ3v) is 5.02. The molecule has 1 unspecified atom stereocenters. The quantitative estimate of drug-likeness (QED) is 0.599. The Balaban J connectivity index is 1.44. The second-order valence-corrected chi connectivity index (χ2v) is 7.13. The molecule has 1 fully saturated rings. The Morgan fingerprint density at radius 2 is 1.75 bits per heavy atom. The van der Waals surface area contributed by atoms with Crippen LogP contribution in [0, 0.1) is 6.92 Å². The van der Waals surface area contributed by atoms with Crippen molar-refractivity contribution in [1.29, 1.82) is 0 Å². The van der Waals surface area contributed by atoms with Crippen molar-refractivity contribution in [3.8, 4) is 0 Å². The number of rotatable bonds is 6. The standard InChI is InChI=1S/C22H25N5O/c1-16-4-2-5-18(12-16)26-22-13-21(23-15-24-22)25-17-7-9-19(10-8-17)27-11-3-6-20(27)14-28/h2,4-5,7-10,12-13,15,20,28H,3,6,11,14H2,1H3,(H2,23,24,25,26). The Bertz CT molecular complexity index is 928. The van der Waals surface area contributed by atoms with Gasteiger partial charge in [0.15, 0.2) is 0 Å². The lowest BCUT2D eigenvalue weighted by Gasteiger charge is -2.25. The molecule has 2 heterocycles. The van der Waals surface area contributed by atoms with Crippen LogP contribution in [0.3, 0.4) is 0 Å². The Hall–Kier alpha value is -3.12. The van der Waals surface area contributed by atoms with Gasteiger partial charge < -0.3 is 20.6 Å². The summed E-state index contributed by atoms with van der Waals surface area (Å²) in [5.74, 6) is 1.47. The summed E-state index contributed by atoms with van der Waals surface area (Å²) < 4.78 is 0. The number of aromatic nitrogens is 2. The summed E-state index contributed by atoms with van der Waals surface area (Å²) in [5.41, 5.74) is 4.30. The Kier molecular flexibility index (Phi) is 5.39. The highest BCUT2D eigenvalue weighted by molar-refractivity contribution is 5.65. The van der Waals surface area contributed by atoms with Gasteiger partial charge in [-0.05, 0) is 61.7 Å². The smallest absolute Gasteiger partial charge is 0.135 e. The van der Waals surface area contributed by atoms with Crippen LogP contribution in [0.25, 0.3) is 0 Å². The summed E-state index contributed by atoms with van der Waals surface area (Å²) in [5, 5.41) is 16.2. The van der Waals surface area contributed by atoms with Gasteiger partial charge in [-0.15, -0.1) is 0 Å². The molecule has 144 valence electrons. The molecular weight excluding hydrogens is 350 g/mol. The molecule has 1 aliphatic heterocycles. The molecule has 0 radical (unpaired) electrons. The average molecular weight is 375 g/mol. The number of anilines is 5. The molecule has 0 aliphatic carbocycles. The van der Waals surface area contributed by atoms with Gasteiger partial charge in [0.25, 0.3) is 0 Å². The van der Waals surface area contributed by atoms with Gasteiger partial charge in [-0.2, -0.15) is 0 Å². The third-order valence-electron chi connectivity index (χ3n) is 5.02. The number of aryl methyl sites for hydroxylation is 1. The molecule has 28 heavy (non-hydrogen) atoms. The van der Waals surface area contributed by atoms with Crippen molar-refractivity contribution in [1.82, 2.24) is 9.97 Å². The summed E-state index contributed by atoms with van der Waals surface area (Å²) in [7, 11) is 0. The van der Waals surface area contributed by atoms with Crippen molar-refractivity contribution in [3.05, 3.63) is 66.5 Å². The fraction of sp³-hybridized carbons (Fsp3) is 0.273. The molecule has 3 N–H and O–H groups in total. The molecule has 1 atom stereocenters. The summed E-state index contributed by atoms with van der Waals surface area (Å²) in [6, 6.07) is 18.5. The first-order valence-electron chi connectivity index (χ1n) is 9.61. The highest BCUT2D eigenvalue weighted by atomic mass is 16.3. The van der Waals surface area contributed by atoms with Gasteiger partial charge in [-0.25, -0.2) is 9.97 Å². The highest BCUT2D eigenvalue weighted by Gasteiger charge is 2.23. The van der Waals surface area contributed by atoms with Crippen molar-refractivity contribution in [2.45, 2.75) is 25.8 Å². The molecule has 6 nitrogen and oxygen atoms in total. The van der Waals surface area contributed by atoms with Crippen LogP contribution in [0.5, 0.6) is 0 Å². The molecule has 2 aromatic carbocycles. The number of aliphatic hydroxyl groups excluding tert-OH is 1. The normalized spacial score (nSPS) is 16.2. The predicted octanol–water partition coefficient (Wildman–Crippen LogP) is 4.23. The lowest BCUT2D eigenvalue weighted by atomic mass is 10.2. The highest BCUT2D eigenvalue weighted by Crippen LogP contribution is 2.27. The van der Waals surface area contributed by atoms with E-state index in [1.165, 1.54) is 5.56 Å². The fourth-order valence-corrected chi connectivity index (χ4v) is 3.61. The summed E-state index contributed by atoms with van der Waals surface area (Å²) in [4.78, 5) is 10.9. The van der Waals surface area contributed by atoms with Crippen LogP contribution in [0.15, 0.2) is 60.9 Å². The molecule has 0 saturated carbocycles. The van der Waals surface area contributed by atoms with Gasteiger partial charge >= 0.3 is 0 Å². The van der Waals surface area contributed by atoms with E-state index >= 15 is 0 Å². The SMILES string of the molecule is Cc1cccc(Nc2cc(Nc3ccc(N4CCCC4CO)cc3)ncn2)c1. The largest absolute Gasteiger partial charge is 0.394 e. The van der Waals surface area contributed by atoms with Crippen LogP contribution in [-0.2, 0) is 0 Å². The molecular formula is C22H25N5O. The number of nitrogens with zero attached hydrogens (tertiary/aromatic N) is 3. The van der Waals surface area contributed by atoms with Gasteiger partial charge in [0, 0.05) is 29.7 Å². The topological polar surface area (TPSA) is 73.3 Å². The number of benzene rings is 2. The van der Waals surface area contributed by atoms with Crippen LogP contribution >= 0.6 is 0 Å². The Morgan fingerprint density at radius 3 is 2.46 bits per heavy atom. The second-order valence-electron chi connectivity index (χ2n) is 7.13. The van der Waals surface area contributed by atoms with Crippen molar-refractivity contribution >= 4 is 28.7 Å². The second kappa shape index (κ2) is 8.27. The van der Waals surface area contributed by atoms with Gasteiger partial charge in [0.2, 0.25) is 0 Å². The number of nitrogens with one attached hydrogen (secondary N) is 2. The van der Waals surface area contributed by atoms with Crippen LogP contribution < -0.4 is 15.5 Å². The molecule has 0 bridgehead atoms. The van der Waals surface area contributed by atoms with Crippen LogP contribution in [0.2, 0.25) is 0 Å². The zero-order valence-corrected chi connectivity index (χ0v) is 16.0. The minimum atomic E-state index is 0.206. The number of hydrogen-bond acceptors (Lipinski definition) is 6. The minimum absolute atomic E-state index is 0.206. The predicted molar refractivity (Wildman–Crippen MR) is 114 cm³/mol. The van der Waals surface area contributed by atoms with E-state index in [4.69, 9.17) is 0 Å². The maximum Gasteiger partial charge on any atom is 0.135 e. The lowest BCUT2D eigenvalue weighted by molar-refractivity contribution is 0.266. The van der Waals surface area contributed by atoms with Crippen LogP contribution in [-0.4, -0.2) is 34.3 Å². The Morgan fingerprint density at radius 1 is 1.00 bits per heavy atom. The maximum absolute atomic E-state index is 9.52. The summed E-state index contributed by atoms with van der Waals surface area (Å²) >= 11 is 0. The Labute approximate surface area is 165 Å². The number of aliphatic hydroxyl groups is 1. The molecule has 0 amide bonds. The summed E-state index contributed by atoms with van der Waals surface area (Å²) in [6.07, 6.45) is 3.72.